The number of anilines is 1. The molecular weight excluding hydrogens is 475 g/mol. The van der Waals surface area contributed by atoms with Gasteiger partial charge in [-0.2, -0.15) is 0 Å². The molecule has 2 aromatic rings. The molecule has 1 aromatic carbocycles. The molecule has 3 N–H and O–H groups in total. The smallest absolute Gasteiger partial charge is 0.269 e. The van der Waals surface area contributed by atoms with Gasteiger partial charge in [0.25, 0.3) is 11.8 Å². The largest absolute Gasteiger partial charge is 0.381 e. The molecule has 206 valence electrons. The lowest BCUT2D eigenvalue weighted by Gasteiger charge is -2.12. The summed E-state index contributed by atoms with van der Waals surface area (Å²) in [5.41, 5.74) is 1.77. The van der Waals surface area contributed by atoms with E-state index in [2.05, 4.69) is 20.9 Å². The number of amides is 2. The number of halogens is 1. The Balaban J connectivity index is 0.000000574. The van der Waals surface area contributed by atoms with E-state index in [1.54, 1.807) is 18.2 Å². The van der Waals surface area contributed by atoms with Crippen molar-refractivity contribution in [2.45, 2.75) is 65.6 Å². The van der Waals surface area contributed by atoms with E-state index in [1.165, 1.54) is 18.3 Å². The molecule has 37 heavy (non-hydrogen) atoms. The second-order valence-electron chi connectivity index (χ2n) is 8.41. The van der Waals surface area contributed by atoms with Crippen LogP contribution in [0.15, 0.2) is 42.6 Å². The summed E-state index contributed by atoms with van der Waals surface area (Å²) >= 11 is 0. The fourth-order valence-electron chi connectivity index (χ4n) is 3.38. The summed E-state index contributed by atoms with van der Waals surface area (Å²) in [6, 6.07) is 9.73. The van der Waals surface area contributed by atoms with Crippen LogP contribution in [0.5, 0.6) is 0 Å². The van der Waals surface area contributed by atoms with Gasteiger partial charge in [0.15, 0.2) is 0 Å². The molecular formula is C28H43FN4O4. The molecule has 2 amide bonds. The SMILES string of the molecule is CC.CNCCCOCCCNC(=O)c1cc(NC(=O)C2CCC(C)O2)ccn1.Cc1cccc(F)c1. The first kappa shape index (κ1) is 32.1. The van der Waals surface area contributed by atoms with Gasteiger partial charge in [-0.1, -0.05) is 26.0 Å². The van der Waals surface area contributed by atoms with Crippen LogP contribution < -0.4 is 16.0 Å². The lowest BCUT2D eigenvalue weighted by atomic mass is 10.2. The number of aromatic nitrogens is 1. The van der Waals surface area contributed by atoms with Gasteiger partial charge in [0.1, 0.15) is 17.6 Å². The van der Waals surface area contributed by atoms with Crippen molar-refractivity contribution in [3.63, 3.8) is 0 Å². The second-order valence-corrected chi connectivity index (χ2v) is 8.41. The van der Waals surface area contributed by atoms with E-state index in [4.69, 9.17) is 9.47 Å². The summed E-state index contributed by atoms with van der Waals surface area (Å²) in [5, 5.41) is 8.66. The quantitative estimate of drug-likeness (QED) is 0.379. The van der Waals surface area contributed by atoms with E-state index in [0.29, 0.717) is 31.9 Å². The molecule has 0 bridgehead atoms. The number of carbonyl (C=O) groups is 2. The summed E-state index contributed by atoms with van der Waals surface area (Å²) in [6.07, 6.45) is 4.47. The van der Waals surface area contributed by atoms with Crippen molar-refractivity contribution >= 4 is 17.5 Å². The average molecular weight is 519 g/mol. The zero-order valence-electron chi connectivity index (χ0n) is 22.8. The van der Waals surface area contributed by atoms with Gasteiger partial charge < -0.3 is 25.4 Å². The number of ether oxygens (including phenoxy) is 2. The zero-order chi connectivity index (χ0) is 27.5. The number of carbonyl (C=O) groups excluding carboxylic acids is 2. The van der Waals surface area contributed by atoms with E-state index < -0.39 is 6.10 Å². The maximum atomic E-state index is 12.2. The van der Waals surface area contributed by atoms with Gasteiger partial charge in [-0.15, -0.1) is 0 Å². The summed E-state index contributed by atoms with van der Waals surface area (Å²) in [6.45, 7) is 10.6. The van der Waals surface area contributed by atoms with Crippen molar-refractivity contribution < 1.29 is 23.5 Å². The van der Waals surface area contributed by atoms with Crippen LogP contribution in [0, 0.1) is 12.7 Å². The summed E-state index contributed by atoms with van der Waals surface area (Å²) < 4.78 is 23.2. The van der Waals surface area contributed by atoms with Gasteiger partial charge in [0, 0.05) is 31.6 Å². The Kier molecular flexibility index (Phi) is 16.7. The molecule has 0 aliphatic carbocycles. The number of aryl methyl sites for hydroxylation is 1. The monoisotopic (exact) mass is 518 g/mol. The van der Waals surface area contributed by atoms with Crippen LogP contribution in [-0.2, 0) is 14.3 Å². The van der Waals surface area contributed by atoms with Crippen LogP contribution in [0.1, 0.15) is 62.5 Å². The number of nitrogens with one attached hydrogen (secondary N) is 3. The molecule has 2 heterocycles. The Labute approximate surface area is 220 Å². The number of pyridine rings is 1. The molecule has 1 aliphatic rings. The molecule has 1 saturated heterocycles. The molecule has 0 spiro atoms. The summed E-state index contributed by atoms with van der Waals surface area (Å²) in [5.74, 6) is -0.621. The Hall–Kier alpha value is -2.88. The molecule has 3 rings (SSSR count). The number of nitrogens with zero attached hydrogens (tertiary/aromatic N) is 1. The van der Waals surface area contributed by atoms with Crippen molar-refractivity contribution in [1.29, 1.82) is 0 Å². The Bertz CT molecular complexity index is 911. The van der Waals surface area contributed by atoms with Crippen LogP contribution in [-0.4, -0.2) is 62.4 Å². The minimum atomic E-state index is -0.432. The van der Waals surface area contributed by atoms with Crippen LogP contribution in [0.4, 0.5) is 10.1 Å². The molecule has 9 heteroatoms. The minimum Gasteiger partial charge on any atom is -0.381 e. The van der Waals surface area contributed by atoms with Crippen molar-refractivity contribution in [3.8, 4) is 0 Å². The van der Waals surface area contributed by atoms with Crippen LogP contribution in [0.3, 0.4) is 0 Å². The first-order valence-corrected chi connectivity index (χ1v) is 13.0. The van der Waals surface area contributed by atoms with Crippen LogP contribution in [0.25, 0.3) is 0 Å². The fourth-order valence-corrected chi connectivity index (χ4v) is 3.38. The molecule has 1 aromatic heterocycles. The number of rotatable bonds is 11. The third-order valence-corrected chi connectivity index (χ3v) is 5.23. The first-order chi connectivity index (χ1) is 17.9. The zero-order valence-corrected chi connectivity index (χ0v) is 22.8. The Morgan fingerprint density at radius 1 is 1.11 bits per heavy atom. The van der Waals surface area contributed by atoms with Gasteiger partial charge in [-0.25, -0.2) is 4.39 Å². The van der Waals surface area contributed by atoms with E-state index in [1.807, 2.05) is 40.8 Å². The molecule has 0 saturated carbocycles. The van der Waals surface area contributed by atoms with Crippen molar-refractivity contribution in [1.82, 2.24) is 15.6 Å². The number of hydrogen-bond acceptors (Lipinski definition) is 6. The van der Waals surface area contributed by atoms with E-state index >= 15 is 0 Å². The lowest BCUT2D eigenvalue weighted by molar-refractivity contribution is -0.126. The topological polar surface area (TPSA) is 102 Å². The molecule has 0 radical (unpaired) electrons. The fraction of sp³-hybridized carbons (Fsp3) is 0.536. The average Bonchev–Trinajstić information content (AvgIpc) is 3.33. The van der Waals surface area contributed by atoms with Crippen molar-refractivity contribution in [3.05, 3.63) is 59.7 Å². The van der Waals surface area contributed by atoms with Crippen molar-refractivity contribution in [2.75, 3.05) is 38.7 Å². The van der Waals surface area contributed by atoms with E-state index in [0.717, 1.165) is 31.4 Å². The maximum Gasteiger partial charge on any atom is 0.269 e. The van der Waals surface area contributed by atoms with Gasteiger partial charge >= 0.3 is 0 Å². The highest BCUT2D eigenvalue weighted by molar-refractivity contribution is 5.97. The van der Waals surface area contributed by atoms with E-state index in [9.17, 15) is 14.0 Å². The molecule has 2 atom stereocenters. The number of hydrogen-bond donors (Lipinski definition) is 3. The highest BCUT2D eigenvalue weighted by atomic mass is 19.1. The minimum absolute atomic E-state index is 0.104. The van der Waals surface area contributed by atoms with Gasteiger partial charge in [-0.05, 0) is 83.0 Å². The molecule has 1 fully saturated rings. The highest BCUT2D eigenvalue weighted by Crippen LogP contribution is 2.20. The Morgan fingerprint density at radius 3 is 2.43 bits per heavy atom. The maximum absolute atomic E-state index is 12.2. The van der Waals surface area contributed by atoms with Crippen LogP contribution >= 0.6 is 0 Å². The predicted molar refractivity (Wildman–Crippen MR) is 145 cm³/mol. The predicted octanol–water partition coefficient (Wildman–Crippen LogP) is 4.49. The Morgan fingerprint density at radius 2 is 1.84 bits per heavy atom. The molecule has 1 aliphatic heterocycles. The highest BCUT2D eigenvalue weighted by Gasteiger charge is 2.28. The third-order valence-electron chi connectivity index (χ3n) is 5.23. The lowest BCUT2D eigenvalue weighted by Crippen LogP contribution is -2.28. The summed E-state index contributed by atoms with van der Waals surface area (Å²) in [4.78, 5) is 28.5. The second kappa shape index (κ2) is 19.3. The van der Waals surface area contributed by atoms with Crippen LogP contribution in [0.2, 0.25) is 0 Å². The molecule has 8 nitrogen and oxygen atoms in total. The molecule has 2 unspecified atom stereocenters. The summed E-state index contributed by atoms with van der Waals surface area (Å²) in [7, 11) is 1.91. The van der Waals surface area contributed by atoms with Crippen molar-refractivity contribution in [2.24, 2.45) is 0 Å². The normalized spacial score (nSPS) is 16.1. The first-order valence-electron chi connectivity index (χ1n) is 13.0. The standard InChI is InChI=1S/C19H30N4O4.C7H7F.C2H6/c1-14-5-6-17(27-14)19(25)23-15-7-10-21-16(13-15)18(24)22-9-4-12-26-11-3-8-20-2;1-6-3-2-4-7(8)5-6;1-2/h7,10,13-14,17,20H,3-6,8-9,11-12H2,1-2H3,(H,22,24)(H,21,23,25);2-5H,1H3;1-2H3. The third kappa shape index (κ3) is 13.9. The number of benzene rings is 1. The van der Waals surface area contributed by atoms with Gasteiger partial charge in [0.05, 0.1) is 6.10 Å². The van der Waals surface area contributed by atoms with Gasteiger partial charge in [0.2, 0.25) is 0 Å². The van der Waals surface area contributed by atoms with Gasteiger partial charge in [-0.3, -0.25) is 14.6 Å². The van der Waals surface area contributed by atoms with E-state index in [-0.39, 0.29) is 29.4 Å².